The quantitative estimate of drug-likeness (QED) is 0.903. The number of ether oxygens (including phenoxy) is 1. The molecular formula is C13H16BrNO3. The van der Waals surface area contributed by atoms with Crippen LogP contribution in [0.15, 0.2) is 28.7 Å². The van der Waals surface area contributed by atoms with Crippen molar-refractivity contribution in [2.24, 2.45) is 0 Å². The molecule has 1 aliphatic heterocycles. The summed E-state index contributed by atoms with van der Waals surface area (Å²) in [5.41, 5.74) is 0.656. The van der Waals surface area contributed by atoms with Crippen LogP contribution >= 0.6 is 15.9 Å². The molecule has 1 amide bonds. The number of benzene rings is 1. The van der Waals surface area contributed by atoms with Crippen molar-refractivity contribution in [3.8, 4) is 0 Å². The highest BCUT2D eigenvalue weighted by Gasteiger charge is 2.28. The Kier molecular flexibility index (Phi) is 4.37. The highest BCUT2D eigenvalue weighted by atomic mass is 79.9. The van der Waals surface area contributed by atoms with E-state index < -0.39 is 0 Å². The lowest BCUT2D eigenvalue weighted by molar-refractivity contribution is -0.0858. The van der Waals surface area contributed by atoms with Gasteiger partial charge in [-0.05, 0) is 31.2 Å². The molecule has 1 N–H and O–H groups in total. The Morgan fingerprint density at radius 1 is 1.44 bits per heavy atom. The van der Waals surface area contributed by atoms with Crippen molar-refractivity contribution in [1.82, 2.24) is 4.90 Å². The second-order valence-electron chi connectivity index (χ2n) is 4.47. The van der Waals surface area contributed by atoms with Crippen molar-refractivity contribution >= 4 is 21.8 Å². The van der Waals surface area contributed by atoms with Crippen molar-refractivity contribution in [1.29, 1.82) is 0 Å². The molecule has 1 aromatic carbocycles. The van der Waals surface area contributed by atoms with E-state index in [-0.39, 0.29) is 24.7 Å². The van der Waals surface area contributed by atoms with Gasteiger partial charge in [-0.2, -0.15) is 0 Å². The van der Waals surface area contributed by atoms with Crippen LogP contribution in [0, 0.1) is 0 Å². The summed E-state index contributed by atoms with van der Waals surface area (Å²) < 4.78 is 6.47. The molecule has 98 valence electrons. The van der Waals surface area contributed by atoms with Gasteiger partial charge in [0, 0.05) is 23.1 Å². The summed E-state index contributed by atoms with van der Waals surface area (Å²) in [6.45, 7) is 2.85. The maximum atomic E-state index is 12.3. The zero-order valence-corrected chi connectivity index (χ0v) is 11.8. The van der Waals surface area contributed by atoms with Crippen LogP contribution in [0.2, 0.25) is 0 Å². The number of carbonyl (C=O) groups excluding carboxylic acids is 1. The number of nitrogens with zero attached hydrogens (tertiary/aromatic N) is 1. The van der Waals surface area contributed by atoms with Gasteiger partial charge >= 0.3 is 0 Å². The van der Waals surface area contributed by atoms with E-state index in [2.05, 4.69) is 15.9 Å². The second-order valence-corrected chi connectivity index (χ2v) is 5.38. The van der Waals surface area contributed by atoms with Crippen molar-refractivity contribution < 1.29 is 14.6 Å². The summed E-state index contributed by atoms with van der Waals surface area (Å²) in [5.74, 6) is -0.0175. The van der Waals surface area contributed by atoms with Gasteiger partial charge in [0.15, 0.2) is 0 Å². The Morgan fingerprint density at radius 3 is 2.72 bits per heavy atom. The predicted molar refractivity (Wildman–Crippen MR) is 71.5 cm³/mol. The Hall–Kier alpha value is -0.910. The molecule has 0 saturated carbocycles. The van der Waals surface area contributed by atoms with Crippen LogP contribution in [-0.2, 0) is 4.74 Å². The topological polar surface area (TPSA) is 49.8 Å². The molecule has 0 bridgehead atoms. The number of hydrogen-bond donors (Lipinski definition) is 1. The lowest BCUT2D eigenvalue weighted by Gasteiger charge is -2.36. The number of hydrogen-bond acceptors (Lipinski definition) is 3. The summed E-state index contributed by atoms with van der Waals surface area (Å²) in [6.07, 6.45) is -0.330. The van der Waals surface area contributed by atoms with Crippen LogP contribution in [0.4, 0.5) is 0 Å². The first-order valence-corrected chi connectivity index (χ1v) is 6.70. The van der Waals surface area contributed by atoms with E-state index in [0.29, 0.717) is 18.7 Å². The van der Waals surface area contributed by atoms with Crippen LogP contribution in [0.5, 0.6) is 0 Å². The minimum Gasteiger partial charge on any atom is -0.394 e. The maximum Gasteiger partial charge on any atom is 0.254 e. The van der Waals surface area contributed by atoms with Gasteiger partial charge in [0.05, 0.1) is 18.8 Å². The number of aliphatic hydroxyl groups is 1. The fourth-order valence-corrected chi connectivity index (χ4v) is 2.35. The monoisotopic (exact) mass is 313 g/mol. The Labute approximate surface area is 115 Å². The largest absolute Gasteiger partial charge is 0.394 e. The van der Waals surface area contributed by atoms with Gasteiger partial charge in [0.25, 0.3) is 5.91 Å². The van der Waals surface area contributed by atoms with Gasteiger partial charge in [0.2, 0.25) is 0 Å². The van der Waals surface area contributed by atoms with Crippen molar-refractivity contribution in [2.75, 3.05) is 19.7 Å². The highest BCUT2D eigenvalue weighted by molar-refractivity contribution is 9.10. The molecule has 1 heterocycles. The molecule has 5 heteroatoms. The zero-order chi connectivity index (χ0) is 13.1. The third-order valence-corrected chi connectivity index (χ3v) is 3.44. The van der Waals surface area contributed by atoms with E-state index >= 15 is 0 Å². The molecule has 1 aromatic rings. The molecule has 2 unspecified atom stereocenters. The third kappa shape index (κ3) is 3.10. The molecule has 18 heavy (non-hydrogen) atoms. The summed E-state index contributed by atoms with van der Waals surface area (Å²) in [5, 5.41) is 9.15. The number of aliphatic hydroxyl groups excluding tert-OH is 1. The predicted octanol–water partition coefficient (Wildman–Crippen LogP) is 1.67. The minimum atomic E-state index is -0.284. The average Bonchev–Trinajstić information content (AvgIpc) is 2.38. The van der Waals surface area contributed by atoms with Crippen LogP contribution in [0.25, 0.3) is 0 Å². The molecule has 0 aliphatic carbocycles. The Bertz CT molecular complexity index is 421. The van der Waals surface area contributed by atoms with Gasteiger partial charge in [-0.25, -0.2) is 0 Å². The van der Waals surface area contributed by atoms with Crippen LogP contribution in [0.3, 0.4) is 0 Å². The van der Waals surface area contributed by atoms with E-state index in [9.17, 15) is 4.79 Å². The SMILES string of the molecule is CC1CN(C(=O)c2ccc(Br)cc2)CC(CO)O1. The van der Waals surface area contributed by atoms with E-state index in [1.165, 1.54) is 0 Å². The van der Waals surface area contributed by atoms with Gasteiger partial charge in [0.1, 0.15) is 0 Å². The molecule has 2 rings (SSSR count). The summed E-state index contributed by atoms with van der Waals surface area (Å²) in [4.78, 5) is 14.0. The van der Waals surface area contributed by atoms with E-state index in [0.717, 1.165) is 4.47 Å². The second kappa shape index (κ2) is 5.82. The molecule has 2 atom stereocenters. The first kappa shape index (κ1) is 13.5. The molecule has 0 spiro atoms. The Morgan fingerprint density at radius 2 is 2.11 bits per heavy atom. The summed E-state index contributed by atoms with van der Waals surface area (Å²) in [6, 6.07) is 7.28. The summed E-state index contributed by atoms with van der Waals surface area (Å²) in [7, 11) is 0. The maximum absolute atomic E-state index is 12.3. The standard InChI is InChI=1S/C13H16BrNO3/c1-9-6-15(7-12(8-16)18-9)13(17)10-2-4-11(14)5-3-10/h2-5,9,12,16H,6-8H2,1H3. The van der Waals surface area contributed by atoms with Gasteiger partial charge < -0.3 is 14.7 Å². The van der Waals surface area contributed by atoms with Crippen LogP contribution < -0.4 is 0 Å². The highest BCUT2D eigenvalue weighted by Crippen LogP contribution is 2.16. The number of morpholine rings is 1. The minimum absolute atomic E-state index is 0.0175. The first-order chi connectivity index (χ1) is 8.60. The van der Waals surface area contributed by atoms with E-state index in [1.807, 2.05) is 19.1 Å². The van der Waals surface area contributed by atoms with Gasteiger partial charge in [-0.1, -0.05) is 15.9 Å². The Balaban J connectivity index is 2.10. The molecule has 1 fully saturated rings. The van der Waals surface area contributed by atoms with Crippen LogP contribution in [0.1, 0.15) is 17.3 Å². The van der Waals surface area contributed by atoms with Crippen molar-refractivity contribution in [2.45, 2.75) is 19.1 Å². The molecular weight excluding hydrogens is 298 g/mol. The van der Waals surface area contributed by atoms with Gasteiger partial charge in [-0.15, -0.1) is 0 Å². The zero-order valence-electron chi connectivity index (χ0n) is 10.2. The van der Waals surface area contributed by atoms with Gasteiger partial charge in [-0.3, -0.25) is 4.79 Å². The molecule has 4 nitrogen and oxygen atoms in total. The fraction of sp³-hybridized carbons (Fsp3) is 0.462. The number of amides is 1. The normalized spacial score (nSPS) is 24.1. The fourth-order valence-electron chi connectivity index (χ4n) is 2.09. The third-order valence-electron chi connectivity index (χ3n) is 2.91. The molecule has 0 aromatic heterocycles. The lowest BCUT2D eigenvalue weighted by Crippen LogP contribution is -2.50. The van der Waals surface area contributed by atoms with Crippen LogP contribution in [-0.4, -0.2) is 47.8 Å². The van der Waals surface area contributed by atoms with E-state index in [1.54, 1.807) is 17.0 Å². The molecule has 0 radical (unpaired) electrons. The smallest absolute Gasteiger partial charge is 0.254 e. The van der Waals surface area contributed by atoms with E-state index in [4.69, 9.17) is 9.84 Å². The number of carbonyl (C=O) groups is 1. The number of rotatable bonds is 2. The molecule has 1 saturated heterocycles. The molecule has 1 aliphatic rings. The average molecular weight is 314 g/mol. The van der Waals surface area contributed by atoms with Crippen molar-refractivity contribution in [3.05, 3.63) is 34.3 Å². The summed E-state index contributed by atoms with van der Waals surface area (Å²) >= 11 is 3.34. The lowest BCUT2D eigenvalue weighted by atomic mass is 10.1. The number of halogens is 1. The first-order valence-electron chi connectivity index (χ1n) is 5.91. The van der Waals surface area contributed by atoms with Crippen molar-refractivity contribution in [3.63, 3.8) is 0 Å².